The lowest BCUT2D eigenvalue weighted by atomic mass is 9.81. The van der Waals surface area contributed by atoms with Crippen LogP contribution in [0.25, 0.3) is 0 Å². The Balaban J connectivity index is 1.49. The zero-order chi connectivity index (χ0) is 26.2. The number of benzene rings is 2. The van der Waals surface area contributed by atoms with Gasteiger partial charge in [0, 0.05) is 49.8 Å². The van der Waals surface area contributed by atoms with E-state index in [1.54, 1.807) is 18.4 Å². The van der Waals surface area contributed by atoms with Crippen LogP contribution >= 0.6 is 11.3 Å². The van der Waals surface area contributed by atoms with Crippen molar-refractivity contribution in [2.75, 3.05) is 33.4 Å². The molecule has 4 rings (SSSR count). The molecular weight excluding hydrogens is 482 g/mol. The number of hydrogen-bond acceptors (Lipinski definition) is 5. The van der Waals surface area contributed by atoms with Crippen molar-refractivity contribution in [3.63, 3.8) is 0 Å². The van der Waals surface area contributed by atoms with Gasteiger partial charge in [0.15, 0.2) is 0 Å². The Morgan fingerprint density at radius 3 is 2.54 bits per heavy atom. The third kappa shape index (κ3) is 6.47. The Hall–Kier alpha value is -3.00. The summed E-state index contributed by atoms with van der Waals surface area (Å²) in [5, 5.41) is 5.20. The van der Waals surface area contributed by atoms with Crippen LogP contribution in [0.1, 0.15) is 58.6 Å². The van der Waals surface area contributed by atoms with Gasteiger partial charge in [0.1, 0.15) is 0 Å². The largest absolute Gasteiger partial charge is 0.383 e. The number of fused-ring (bicyclic) bond motifs is 1. The predicted octanol–water partition coefficient (Wildman–Crippen LogP) is 5.09. The molecule has 0 spiro atoms. The molecule has 6 nitrogen and oxygen atoms in total. The molecule has 2 heterocycles. The number of carbonyl (C=O) groups is 2. The molecule has 1 aliphatic heterocycles. The van der Waals surface area contributed by atoms with Crippen molar-refractivity contribution < 1.29 is 14.3 Å². The first-order valence-corrected chi connectivity index (χ1v) is 13.9. The molecule has 3 aromatic rings. The van der Waals surface area contributed by atoms with Crippen LogP contribution in [0.5, 0.6) is 0 Å². The molecule has 196 valence electrons. The maximum absolute atomic E-state index is 13.8. The second-order valence-corrected chi connectivity index (χ2v) is 10.7. The molecule has 1 N–H and O–H groups in total. The van der Waals surface area contributed by atoms with E-state index in [2.05, 4.69) is 48.3 Å². The molecular formula is C30H37N3O3S. The zero-order valence-electron chi connectivity index (χ0n) is 21.9. The highest BCUT2D eigenvalue weighted by Gasteiger charge is 2.44. The van der Waals surface area contributed by atoms with Gasteiger partial charge in [0.05, 0.1) is 18.6 Å². The lowest BCUT2D eigenvalue weighted by Gasteiger charge is -2.41. The van der Waals surface area contributed by atoms with Gasteiger partial charge in [-0.15, -0.1) is 11.3 Å². The molecule has 37 heavy (non-hydrogen) atoms. The van der Waals surface area contributed by atoms with E-state index in [0.717, 1.165) is 30.0 Å². The summed E-state index contributed by atoms with van der Waals surface area (Å²) in [5.74, 6) is -0.571. The average Bonchev–Trinajstić information content (AvgIpc) is 3.45. The number of nitrogens with zero attached hydrogens (tertiary/aromatic N) is 2. The summed E-state index contributed by atoms with van der Waals surface area (Å²) in [5.41, 5.74) is 2.68. The molecule has 0 fully saturated rings. The van der Waals surface area contributed by atoms with Crippen LogP contribution in [-0.2, 0) is 16.1 Å². The van der Waals surface area contributed by atoms with Crippen LogP contribution in [0.2, 0.25) is 0 Å². The number of hydrogen-bond donors (Lipinski definition) is 1. The van der Waals surface area contributed by atoms with Crippen molar-refractivity contribution in [3.8, 4) is 0 Å². The summed E-state index contributed by atoms with van der Waals surface area (Å²) < 4.78 is 5.31. The van der Waals surface area contributed by atoms with Gasteiger partial charge in [-0.2, -0.15) is 0 Å². The summed E-state index contributed by atoms with van der Waals surface area (Å²) >= 11 is 1.58. The van der Waals surface area contributed by atoms with Crippen LogP contribution in [0.4, 0.5) is 0 Å². The molecule has 7 heteroatoms. The number of nitrogens with one attached hydrogen (secondary N) is 1. The van der Waals surface area contributed by atoms with Crippen LogP contribution < -0.4 is 5.32 Å². The fraction of sp³-hybridized carbons (Fsp3) is 0.400. The monoisotopic (exact) mass is 519 g/mol. The van der Waals surface area contributed by atoms with Crippen LogP contribution in [0.3, 0.4) is 0 Å². The van der Waals surface area contributed by atoms with E-state index in [1.807, 2.05) is 52.7 Å². The second-order valence-electron chi connectivity index (χ2n) is 9.71. The van der Waals surface area contributed by atoms with Gasteiger partial charge in [-0.3, -0.25) is 14.5 Å². The van der Waals surface area contributed by atoms with Gasteiger partial charge in [-0.25, -0.2) is 0 Å². The van der Waals surface area contributed by atoms with E-state index in [4.69, 9.17) is 4.74 Å². The number of amides is 2. The van der Waals surface area contributed by atoms with Crippen LogP contribution in [0.15, 0.2) is 72.1 Å². The number of carbonyl (C=O) groups excluding carboxylic acids is 2. The summed E-state index contributed by atoms with van der Waals surface area (Å²) in [6.07, 6.45) is 0.848. The lowest BCUT2D eigenvalue weighted by molar-refractivity contribution is -0.124. The smallest absolute Gasteiger partial charge is 0.254 e. The molecule has 0 radical (unpaired) electrons. The van der Waals surface area contributed by atoms with Crippen molar-refractivity contribution in [1.29, 1.82) is 0 Å². The van der Waals surface area contributed by atoms with Crippen molar-refractivity contribution >= 4 is 23.2 Å². The maximum atomic E-state index is 13.8. The zero-order valence-corrected chi connectivity index (χ0v) is 22.7. The van der Waals surface area contributed by atoms with Crippen molar-refractivity contribution in [1.82, 2.24) is 15.1 Å². The quantitative estimate of drug-likeness (QED) is 0.339. The first-order valence-electron chi connectivity index (χ1n) is 13.0. The van der Waals surface area contributed by atoms with E-state index in [0.29, 0.717) is 31.3 Å². The molecule has 0 unspecified atom stereocenters. The summed E-state index contributed by atoms with van der Waals surface area (Å²) in [6.45, 7) is 7.61. The minimum Gasteiger partial charge on any atom is -0.383 e. The van der Waals surface area contributed by atoms with Gasteiger partial charge in [0.2, 0.25) is 5.91 Å². The summed E-state index contributed by atoms with van der Waals surface area (Å²) in [7, 11) is 1.63. The predicted molar refractivity (Wildman–Crippen MR) is 149 cm³/mol. The first-order chi connectivity index (χ1) is 18.0. The molecule has 2 atom stereocenters. The minimum atomic E-state index is -0.477. The Morgan fingerprint density at radius 2 is 1.84 bits per heavy atom. The van der Waals surface area contributed by atoms with Crippen molar-refractivity contribution in [2.45, 2.75) is 44.8 Å². The van der Waals surface area contributed by atoms with Gasteiger partial charge >= 0.3 is 0 Å². The van der Waals surface area contributed by atoms with Gasteiger partial charge in [0.25, 0.3) is 5.91 Å². The Labute approximate surface area is 224 Å². The Kier molecular flexibility index (Phi) is 9.50. The molecule has 0 aliphatic carbocycles. The van der Waals surface area contributed by atoms with E-state index >= 15 is 0 Å². The van der Waals surface area contributed by atoms with E-state index in [1.165, 1.54) is 5.56 Å². The highest BCUT2D eigenvalue weighted by molar-refractivity contribution is 7.10. The maximum Gasteiger partial charge on any atom is 0.254 e. The fourth-order valence-electron chi connectivity index (χ4n) is 5.03. The van der Waals surface area contributed by atoms with Crippen molar-refractivity contribution in [3.05, 3.63) is 93.7 Å². The Morgan fingerprint density at radius 1 is 1.08 bits per heavy atom. The minimum absolute atomic E-state index is 0.0417. The SMILES string of the molecule is COCCN1C(=O)c2ccccc2[C@@H](C(=O)NCCCN(Cc2ccccc2)C(C)C)[C@H]1c1cccs1. The number of rotatable bonds is 12. The summed E-state index contributed by atoms with van der Waals surface area (Å²) in [4.78, 5) is 32.5. The third-order valence-corrected chi connectivity index (χ3v) is 7.92. The molecule has 0 saturated carbocycles. The molecule has 1 aromatic heterocycles. The van der Waals surface area contributed by atoms with Crippen LogP contribution in [-0.4, -0.2) is 61.0 Å². The summed E-state index contributed by atoms with van der Waals surface area (Å²) in [6, 6.07) is 22.0. The van der Waals surface area contributed by atoms with Crippen LogP contribution in [0, 0.1) is 0 Å². The second kappa shape index (κ2) is 13.0. The normalized spacial score (nSPS) is 17.3. The van der Waals surface area contributed by atoms with Crippen molar-refractivity contribution in [2.24, 2.45) is 0 Å². The van der Waals surface area contributed by atoms with Gasteiger partial charge in [-0.05, 0) is 48.9 Å². The number of methoxy groups -OCH3 is 1. The molecule has 2 aromatic carbocycles. The first kappa shape index (κ1) is 27.0. The Bertz CT molecular complexity index is 1150. The average molecular weight is 520 g/mol. The number of ether oxygens (including phenoxy) is 1. The van der Waals surface area contributed by atoms with Gasteiger partial charge < -0.3 is 15.0 Å². The third-order valence-electron chi connectivity index (χ3n) is 6.97. The molecule has 0 saturated heterocycles. The van der Waals surface area contributed by atoms with E-state index < -0.39 is 5.92 Å². The fourth-order valence-corrected chi connectivity index (χ4v) is 5.90. The molecule has 0 bridgehead atoms. The standard InChI is InChI=1S/C30H37N3O3S/c1-22(2)32(21-23-11-5-4-6-12-23)17-10-16-31-29(34)27-24-13-7-8-14-25(24)30(35)33(18-19-36-3)28(27)26-15-9-20-37-26/h4-9,11-15,20,22,27-28H,10,16-19,21H2,1-3H3,(H,31,34)/t27-,28-/m1/s1. The number of thiophene rings is 1. The topological polar surface area (TPSA) is 61.9 Å². The highest BCUT2D eigenvalue weighted by atomic mass is 32.1. The molecule has 1 aliphatic rings. The van der Waals surface area contributed by atoms with E-state index in [9.17, 15) is 9.59 Å². The molecule has 2 amide bonds. The lowest BCUT2D eigenvalue weighted by Crippen LogP contribution is -2.48. The van der Waals surface area contributed by atoms with Gasteiger partial charge in [-0.1, -0.05) is 54.6 Å². The highest BCUT2D eigenvalue weighted by Crippen LogP contribution is 2.44. The van der Waals surface area contributed by atoms with E-state index in [-0.39, 0.29) is 17.9 Å².